The lowest BCUT2D eigenvalue weighted by Crippen LogP contribution is -2.13. The minimum Gasteiger partial charge on any atom is -0.495 e. The first-order valence-corrected chi connectivity index (χ1v) is 8.45. The number of amides is 2. The summed E-state index contributed by atoms with van der Waals surface area (Å²) in [6, 6.07) is 15.9. The number of carbonyl (C=O) groups excluding carboxylic acids is 2. The Labute approximate surface area is 161 Å². The van der Waals surface area contributed by atoms with Crippen molar-refractivity contribution in [1.82, 2.24) is 5.16 Å². The number of hydrogen-bond acceptors (Lipinski definition) is 6. The van der Waals surface area contributed by atoms with Crippen molar-refractivity contribution in [3.63, 3.8) is 0 Å². The van der Waals surface area contributed by atoms with Gasteiger partial charge in [0.15, 0.2) is 0 Å². The van der Waals surface area contributed by atoms with Crippen LogP contribution in [0, 0.1) is 0 Å². The lowest BCUT2D eigenvalue weighted by molar-refractivity contribution is -0.114. The second kappa shape index (κ2) is 8.72. The highest BCUT2D eigenvalue weighted by molar-refractivity contribution is 6.03. The van der Waals surface area contributed by atoms with Gasteiger partial charge in [0.2, 0.25) is 11.7 Å². The van der Waals surface area contributed by atoms with Gasteiger partial charge in [0.1, 0.15) is 12.4 Å². The molecule has 8 heteroatoms. The Hall–Kier alpha value is -3.81. The summed E-state index contributed by atoms with van der Waals surface area (Å²) in [6.07, 6.45) is 0. The number of ether oxygens (including phenoxy) is 2. The van der Waals surface area contributed by atoms with E-state index in [0.29, 0.717) is 23.7 Å². The van der Waals surface area contributed by atoms with Crippen LogP contribution in [0.4, 0.5) is 11.4 Å². The van der Waals surface area contributed by atoms with Crippen LogP contribution >= 0.6 is 0 Å². The third kappa shape index (κ3) is 4.88. The maximum Gasteiger partial charge on any atom is 0.294 e. The molecule has 1 heterocycles. The van der Waals surface area contributed by atoms with Crippen molar-refractivity contribution in [3.8, 4) is 11.6 Å². The number of nitrogens with one attached hydrogen (secondary N) is 2. The Morgan fingerprint density at radius 3 is 2.57 bits per heavy atom. The minimum absolute atomic E-state index is 0.0185. The van der Waals surface area contributed by atoms with E-state index in [2.05, 4.69) is 15.8 Å². The van der Waals surface area contributed by atoms with Gasteiger partial charge in [-0.3, -0.25) is 9.59 Å². The number of benzene rings is 2. The average molecular weight is 381 g/mol. The molecule has 0 atom stereocenters. The smallest absolute Gasteiger partial charge is 0.294 e. The molecule has 0 spiro atoms. The minimum atomic E-state index is -0.527. The van der Waals surface area contributed by atoms with Gasteiger partial charge in [-0.2, -0.15) is 0 Å². The van der Waals surface area contributed by atoms with Crippen molar-refractivity contribution in [2.24, 2.45) is 0 Å². The number of anilines is 2. The largest absolute Gasteiger partial charge is 0.495 e. The molecular formula is C20H19N3O5. The van der Waals surface area contributed by atoms with Crippen molar-refractivity contribution >= 4 is 23.2 Å². The summed E-state index contributed by atoms with van der Waals surface area (Å²) < 4.78 is 15.8. The molecule has 2 N–H and O–H groups in total. The topological polar surface area (TPSA) is 103 Å². The van der Waals surface area contributed by atoms with Crippen LogP contribution in [0.15, 0.2) is 59.1 Å². The van der Waals surface area contributed by atoms with Crippen LogP contribution in [-0.4, -0.2) is 24.1 Å². The van der Waals surface area contributed by atoms with E-state index in [0.717, 1.165) is 5.56 Å². The van der Waals surface area contributed by atoms with Gasteiger partial charge >= 0.3 is 0 Å². The van der Waals surface area contributed by atoms with E-state index in [1.807, 2.05) is 30.3 Å². The fraction of sp³-hybridized carbons (Fsp3) is 0.150. The first kappa shape index (κ1) is 19.0. The summed E-state index contributed by atoms with van der Waals surface area (Å²) in [4.78, 5) is 23.7. The lowest BCUT2D eigenvalue weighted by Gasteiger charge is -2.11. The Bertz CT molecular complexity index is 969. The molecule has 0 saturated carbocycles. The molecule has 144 valence electrons. The molecule has 0 unspecified atom stereocenters. The third-order valence-electron chi connectivity index (χ3n) is 3.71. The van der Waals surface area contributed by atoms with E-state index in [1.165, 1.54) is 20.1 Å². The van der Waals surface area contributed by atoms with Crippen LogP contribution in [-0.2, 0) is 11.4 Å². The molecule has 0 saturated heterocycles. The molecule has 0 aliphatic carbocycles. The summed E-state index contributed by atoms with van der Waals surface area (Å²) in [5, 5.41) is 9.07. The van der Waals surface area contributed by atoms with Gasteiger partial charge in [-0.05, 0) is 28.9 Å². The van der Waals surface area contributed by atoms with E-state index >= 15 is 0 Å². The van der Waals surface area contributed by atoms with Crippen molar-refractivity contribution in [2.45, 2.75) is 13.5 Å². The number of rotatable bonds is 7. The molecule has 0 fully saturated rings. The van der Waals surface area contributed by atoms with E-state index in [-0.39, 0.29) is 17.5 Å². The highest BCUT2D eigenvalue weighted by atomic mass is 16.5. The van der Waals surface area contributed by atoms with E-state index in [9.17, 15) is 9.59 Å². The summed E-state index contributed by atoms with van der Waals surface area (Å²) in [7, 11) is 1.48. The molecule has 0 aliphatic rings. The number of methoxy groups -OCH3 is 1. The normalized spacial score (nSPS) is 10.2. The van der Waals surface area contributed by atoms with Crippen molar-refractivity contribution in [1.29, 1.82) is 0 Å². The van der Waals surface area contributed by atoms with Crippen molar-refractivity contribution in [3.05, 3.63) is 65.9 Å². The second-order valence-corrected chi connectivity index (χ2v) is 5.85. The standard InChI is InChI=1S/C20H19N3O5/c1-13(24)21-15-8-9-17(26-2)16(10-15)22-20(25)18-11-19(23-28-18)27-12-14-6-4-3-5-7-14/h3-11H,12H2,1-2H3,(H,21,24)(H,22,25). The molecule has 1 aromatic heterocycles. The van der Waals surface area contributed by atoms with Gasteiger partial charge in [-0.25, -0.2) is 0 Å². The Balaban J connectivity index is 1.68. The zero-order chi connectivity index (χ0) is 19.9. The lowest BCUT2D eigenvalue weighted by atomic mass is 10.2. The zero-order valence-electron chi connectivity index (χ0n) is 15.4. The molecule has 0 aliphatic heterocycles. The van der Waals surface area contributed by atoms with Crippen LogP contribution in [0.2, 0.25) is 0 Å². The summed E-state index contributed by atoms with van der Waals surface area (Å²) in [5.41, 5.74) is 1.87. The Kier molecular flexibility index (Phi) is 5.91. The summed E-state index contributed by atoms with van der Waals surface area (Å²) in [5.74, 6) is -0.135. The molecule has 2 aromatic carbocycles. The third-order valence-corrected chi connectivity index (χ3v) is 3.71. The first-order valence-electron chi connectivity index (χ1n) is 8.45. The maximum absolute atomic E-state index is 12.5. The van der Waals surface area contributed by atoms with Gasteiger partial charge in [0, 0.05) is 12.6 Å². The molecule has 8 nitrogen and oxygen atoms in total. The quantitative estimate of drug-likeness (QED) is 0.650. The number of carbonyl (C=O) groups is 2. The van der Waals surface area contributed by atoms with E-state index < -0.39 is 5.91 Å². The highest BCUT2D eigenvalue weighted by Gasteiger charge is 2.16. The van der Waals surface area contributed by atoms with Crippen LogP contribution in [0.5, 0.6) is 11.6 Å². The number of aromatic nitrogens is 1. The summed E-state index contributed by atoms with van der Waals surface area (Å²) in [6.45, 7) is 1.70. The monoisotopic (exact) mass is 381 g/mol. The van der Waals surface area contributed by atoms with Gasteiger partial charge in [-0.15, -0.1) is 0 Å². The Morgan fingerprint density at radius 2 is 1.86 bits per heavy atom. The molecule has 3 aromatic rings. The molecule has 3 rings (SSSR count). The second-order valence-electron chi connectivity index (χ2n) is 5.85. The van der Waals surface area contributed by atoms with Gasteiger partial charge in [0.05, 0.1) is 18.9 Å². The predicted molar refractivity (Wildman–Crippen MR) is 103 cm³/mol. The number of hydrogen-bond donors (Lipinski definition) is 2. The van der Waals surface area contributed by atoms with E-state index in [4.69, 9.17) is 14.0 Å². The first-order chi connectivity index (χ1) is 13.5. The molecule has 28 heavy (non-hydrogen) atoms. The Morgan fingerprint density at radius 1 is 1.07 bits per heavy atom. The number of nitrogens with zero attached hydrogens (tertiary/aromatic N) is 1. The van der Waals surface area contributed by atoms with Crippen LogP contribution in [0.1, 0.15) is 23.0 Å². The zero-order valence-corrected chi connectivity index (χ0v) is 15.4. The molecule has 0 radical (unpaired) electrons. The molecule has 0 bridgehead atoms. The molecular weight excluding hydrogens is 362 g/mol. The van der Waals surface area contributed by atoms with Crippen LogP contribution in [0.25, 0.3) is 0 Å². The van der Waals surface area contributed by atoms with Crippen LogP contribution in [0.3, 0.4) is 0 Å². The van der Waals surface area contributed by atoms with Gasteiger partial charge in [0.25, 0.3) is 11.8 Å². The maximum atomic E-state index is 12.5. The fourth-order valence-electron chi connectivity index (χ4n) is 2.44. The van der Waals surface area contributed by atoms with E-state index in [1.54, 1.807) is 18.2 Å². The SMILES string of the molecule is COc1ccc(NC(C)=O)cc1NC(=O)c1cc(OCc2ccccc2)no1. The van der Waals surface area contributed by atoms with Crippen molar-refractivity contribution < 1.29 is 23.6 Å². The average Bonchev–Trinajstić information content (AvgIpc) is 3.16. The molecule has 2 amide bonds. The fourth-order valence-corrected chi connectivity index (χ4v) is 2.44. The van der Waals surface area contributed by atoms with Gasteiger partial charge in [-0.1, -0.05) is 30.3 Å². The van der Waals surface area contributed by atoms with Gasteiger partial charge < -0.3 is 24.6 Å². The summed E-state index contributed by atoms with van der Waals surface area (Å²) >= 11 is 0. The van der Waals surface area contributed by atoms with Crippen LogP contribution < -0.4 is 20.1 Å². The predicted octanol–water partition coefficient (Wildman–Crippen LogP) is 3.47. The highest BCUT2D eigenvalue weighted by Crippen LogP contribution is 2.28. The van der Waals surface area contributed by atoms with Crippen molar-refractivity contribution in [2.75, 3.05) is 17.7 Å².